The molecule has 0 fully saturated rings. The normalized spacial score (nSPS) is 11.1. The second kappa shape index (κ2) is 7.03. The number of hydrogen-bond donors (Lipinski definition) is 1. The largest absolute Gasteiger partial charge is 0.497 e. The van der Waals surface area contributed by atoms with E-state index >= 15 is 0 Å². The van der Waals surface area contributed by atoms with Gasteiger partial charge in [-0.2, -0.15) is 5.10 Å². The van der Waals surface area contributed by atoms with Gasteiger partial charge in [-0.25, -0.2) is 5.43 Å². The summed E-state index contributed by atoms with van der Waals surface area (Å²) in [6.07, 6.45) is 1.56. The van der Waals surface area contributed by atoms with Crippen molar-refractivity contribution in [3.05, 3.63) is 63.5 Å². The first-order valence-corrected chi connectivity index (χ1v) is 8.44. The second-order valence-electron chi connectivity index (χ2n) is 5.22. The van der Waals surface area contributed by atoms with Crippen molar-refractivity contribution < 1.29 is 9.53 Å². The Labute approximate surface area is 148 Å². The molecule has 6 heteroatoms. The first-order chi connectivity index (χ1) is 11.6. The van der Waals surface area contributed by atoms with Crippen LogP contribution >= 0.6 is 22.9 Å². The van der Waals surface area contributed by atoms with E-state index in [1.807, 2.05) is 49.4 Å². The zero-order valence-electron chi connectivity index (χ0n) is 13.2. The van der Waals surface area contributed by atoms with Crippen molar-refractivity contribution in [2.24, 2.45) is 5.10 Å². The molecule has 3 aromatic rings. The maximum absolute atomic E-state index is 12.3. The Balaban J connectivity index is 1.77. The predicted molar refractivity (Wildman–Crippen MR) is 99.6 cm³/mol. The van der Waals surface area contributed by atoms with Gasteiger partial charge >= 0.3 is 0 Å². The summed E-state index contributed by atoms with van der Waals surface area (Å²) in [6, 6.07) is 13.3. The molecule has 1 amide bonds. The van der Waals surface area contributed by atoms with E-state index in [1.54, 1.807) is 13.3 Å². The fraction of sp³-hybridized carbons (Fsp3) is 0.111. The van der Waals surface area contributed by atoms with E-state index in [0.29, 0.717) is 9.90 Å². The molecule has 1 aromatic heterocycles. The smallest absolute Gasteiger partial charge is 0.283 e. The van der Waals surface area contributed by atoms with Gasteiger partial charge in [0.2, 0.25) is 0 Å². The minimum atomic E-state index is -0.321. The average Bonchev–Trinajstić information content (AvgIpc) is 2.91. The standard InChI is InChI=1S/C18H15ClN2O2S/c1-11-6-7-14-15(8-11)24-17(16(14)19)18(22)21-20-10-12-4-3-5-13(9-12)23-2/h3-10H,1-2H3,(H,21,22)/b20-10+. The van der Waals surface area contributed by atoms with Crippen LogP contribution in [0.25, 0.3) is 10.1 Å². The van der Waals surface area contributed by atoms with E-state index in [9.17, 15) is 4.79 Å². The zero-order valence-corrected chi connectivity index (χ0v) is 14.7. The van der Waals surface area contributed by atoms with Crippen LogP contribution in [0.3, 0.4) is 0 Å². The number of carbonyl (C=O) groups is 1. The quantitative estimate of drug-likeness (QED) is 0.545. The van der Waals surface area contributed by atoms with Crippen LogP contribution in [0.1, 0.15) is 20.8 Å². The predicted octanol–water partition coefficient (Wildman–Crippen LogP) is 4.64. The lowest BCUT2D eigenvalue weighted by Gasteiger charge is -2.00. The van der Waals surface area contributed by atoms with Gasteiger partial charge in [0.1, 0.15) is 10.6 Å². The van der Waals surface area contributed by atoms with Crippen molar-refractivity contribution >= 4 is 45.1 Å². The number of fused-ring (bicyclic) bond motifs is 1. The Morgan fingerprint density at radius 2 is 2.12 bits per heavy atom. The molecule has 0 bridgehead atoms. The minimum absolute atomic E-state index is 0.321. The molecule has 4 nitrogen and oxygen atoms in total. The molecule has 0 aliphatic rings. The zero-order chi connectivity index (χ0) is 17.1. The molecule has 0 radical (unpaired) electrons. The van der Waals surface area contributed by atoms with Gasteiger partial charge in [0.15, 0.2) is 0 Å². The average molecular weight is 359 g/mol. The third kappa shape index (κ3) is 3.42. The summed E-state index contributed by atoms with van der Waals surface area (Å²) in [4.78, 5) is 12.8. The van der Waals surface area contributed by atoms with E-state index in [-0.39, 0.29) is 5.91 Å². The fourth-order valence-corrected chi connectivity index (χ4v) is 3.76. The van der Waals surface area contributed by atoms with Crippen LogP contribution in [-0.2, 0) is 0 Å². The number of nitrogens with one attached hydrogen (secondary N) is 1. The summed E-state index contributed by atoms with van der Waals surface area (Å²) in [5, 5.41) is 5.34. The van der Waals surface area contributed by atoms with Crippen LogP contribution in [0.2, 0.25) is 5.02 Å². The van der Waals surface area contributed by atoms with Gasteiger partial charge in [-0.1, -0.05) is 35.9 Å². The molecule has 122 valence electrons. The molecule has 3 rings (SSSR count). The van der Waals surface area contributed by atoms with Crippen molar-refractivity contribution in [3.8, 4) is 5.75 Å². The van der Waals surface area contributed by atoms with Gasteiger partial charge < -0.3 is 4.74 Å². The number of ether oxygens (including phenoxy) is 1. The molecule has 1 heterocycles. The van der Waals surface area contributed by atoms with E-state index < -0.39 is 0 Å². The lowest BCUT2D eigenvalue weighted by atomic mass is 10.2. The summed E-state index contributed by atoms with van der Waals surface area (Å²) < 4.78 is 6.13. The Morgan fingerprint density at radius 1 is 1.29 bits per heavy atom. The Morgan fingerprint density at radius 3 is 2.92 bits per heavy atom. The highest BCUT2D eigenvalue weighted by Gasteiger charge is 2.16. The summed E-state index contributed by atoms with van der Waals surface area (Å²) in [7, 11) is 1.60. The molecule has 0 saturated heterocycles. The number of aryl methyl sites for hydroxylation is 1. The number of halogens is 1. The second-order valence-corrected chi connectivity index (χ2v) is 6.65. The molecule has 0 aliphatic heterocycles. The molecule has 1 N–H and O–H groups in total. The van der Waals surface area contributed by atoms with Crippen molar-refractivity contribution in [2.45, 2.75) is 6.92 Å². The number of hydrogen-bond acceptors (Lipinski definition) is 4. The van der Waals surface area contributed by atoms with Crippen LogP contribution in [0, 0.1) is 6.92 Å². The maximum atomic E-state index is 12.3. The van der Waals surface area contributed by atoms with Gasteiger partial charge in [0.05, 0.1) is 18.3 Å². The lowest BCUT2D eigenvalue weighted by molar-refractivity contribution is 0.0959. The number of carbonyl (C=O) groups excluding carboxylic acids is 1. The Kier molecular flexibility index (Phi) is 4.83. The molecule has 0 unspecified atom stereocenters. The van der Waals surface area contributed by atoms with Crippen molar-refractivity contribution in [1.82, 2.24) is 5.43 Å². The number of thiophene rings is 1. The van der Waals surface area contributed by atoms with Crippen molar-refractivity contribution in [3.63, 3.8) is 0 Å². The van der Waals surface area contributed by atoms with Gasteiger partial charge in [0.25, 0.3) is 5.91 Å². The van der Waals surface area contributed by atoms with Gasteiger partial charge in [0, 0.05) is 10.1 Å². The number of nitrogens with zero attached hydrogens (tertiary/aromatic N) is 1. The summed E-state index contributed by atoms with van der Waals surface area (Å²) in [6.45, 7) is 2.01. The van der Waals surface area contributed by atoms with E-state index in [4.69, 9.17) is 16.3 Å². The third-order valence-electron chi connectivity index (χ3n) is 3.46. The molecular formula is C18H15ClN2O2S. The summed E-state index contributed by atoms with van der Waals surface area (Å²) in [5.41, 5.74) is 4.47. The molecule has 0 aliphatic carbocycles. The highest BCUT2D eigenvalue weighted by atomic mass is 35.5. The maximum Gasteiger partial charge on any atom is 0.283 e. The number of rotatable bonds is 4. The van der Waals surface area contributed by atoms with Gasteiger partial charge in [-0.05, 0) is 36.2 Å². The summed E-state index contributed by atoms with van der Waals surface area (Å²) >= 11 is 7.68. The highest BCUT2D eigenvalue weighted by Crippen LogP contribution is 2.35. The number of hydrazone groups is 1. The topological polar surface area (TPSA) is 50.7 Å². The molecule has 0 atom stereocenters. The highest BCUT2D eigenvalue weighted by molar-refractivity contribution is 7.21. The third-order valence-corrected chi connectivity index (χ3v) is 5.12. The number of amides is 1. The number of benzene rings is 2. The van der Waals surface area contributed by atoms with E-state index in [2.05, 4.69) is 10.5 Å². The van der Waals surface area contributed by atoms with Crippen molar-refractivity contribution in [2.75, 3.05) is 7.11 Å². The van der Waals surface area contributed by atoms with Crippen LogP contribution in [0.5, 0.6) is 5.75 Å². The monoisotopic (exact) mass is 358 g/mol. The molecule has 0 spiro atoms. The fourth-order valence-electron chi connectivity index (χ4n) is 2.26. The minimum Gasteiger partial charge on any atom is -0.497 e. The van der Waals surface area contributed by atoms with E-state index in [0.717, 1.165) is 27.0 Å². The first kappa shape index (κ1) is 16.5. The van der Waals surface area contributed by atoms with Crippen LogP contribution in [-0.4, -0.2) is 19.2 Å². The number of methoxy groups -OCH3 is 1. The van der Waals surface area contributed by atoms with Crippen LogP contribution < -0.4 is 10.2 Å². The van der Waals surface area contributed by atoms with Gasteiger partial charge in [-0.3, -0.25) is 4.79 Å². The lowest BCUT2D eigenvalue weighted by Crippen LogP contribution is -2.16. The van der Waals surface area contributed by atoms with Crippen LogP contribution in [0.4, 0.5) is 0 Å². The van der Waals surface area contributed by atoms with Crippen LogP contribution in [0.15, 0.2) is 47.6 Å². The molecule has 0 saturated carbocycles. The van der Waals surface area contributed by atoms with Crippen molar-refractivity contribution in [1.29, 1.82) is 0 Å². The first-order valence-electron chi connectivity index (χ1n) is 7.24. The SMILES string of the molecule is COc1cccc(/C=N/NC(=O)c2sc3cc(C)ccc3c2Cl)c1. The van der Waals surface area contributed by atoms with Gasteiger partial charge in [-0.15, -0.1) is 11.3 Å². The Bertz CT molecular complexity index is 934. The Hall–Kier alpha value is -2.37. The summed E-state index contributed by atoms with van der Waals surface area (Å²) in [5.74, 6) is 0.409. The molecular weight excluding hydrogens is 344 g/mol. The molecule has 2 aromatic carbocycles. The molecule has 24 heavy (non-hydrogen) atoms. The van der Waals surface area contributed by atoms with E-state index in [1.165, 1.54) is 11.3 Å².